The van der Waals surface area contributed by atoms with Crippen LogP contribution in [0.25, 0.3) is 0 Å². The van der Waals surface area contributed by atoms with Crippen molar-refractivity contribution in [3.8, 4) is 11.5 Å². The number of aliphatic imine (C=N–C) groups is 1. The highest BCUT2D eigenvalue weighted by atomic mass is 16.7. The van der Waals surface area contributed by atoms with E-state index in [2.05, 4.69) is 29.4 Å². The van der Waals surface area contributed by atoms with Crippen LogP contribution in [0.1, 0.15) is 38.7 Å². The van der Waals surface area contributed by atoms with Gasteiger partial charge in [0.15, 0.2) is 17.5 Å². The van der Waals surface area contributed by atoms with Crippen LogP contribution in [-0.4, -0.2) is 49.9 Å². The number of piperidine rings is 1. The minimum absolute atomic E-state index is 0.309. The van der Waals surface area contributed by atoms with E-state index in [1.54, 1.807) is 0 Å². The van der Waals surface area contributed by atoms with Gasteiger partial charge in [-0.15, -0.1) is 0 Å². The Labute approximate surface area is 150 Å². The molecule has 0 aliphatic carbocycles. The Bertz CT molecular complexity index is 583. The van der Waals surface area contributed by atoms with Crippen LogP contribution in [0.15, 0.2) is 23.2 Å². The lowest BCUT2D eigenvalue weighted by Crippen LogP contribution is -2.48. The summed E-state index contributed by atoms with van der Waals surface area (Å²) in [6.45, 7) is 9.70. The zero-order valence-corrected chi connectivity index (χ0v) is 15.4. The highest BCUT2D eigenvalue weighted by molar-refractivity contribution is 5.80. The van der Waals surface area contributed by atoms with Gasteiger partial charge in [-0.25, -0.2) is 4.99 Å². The highest BCUT2D eigenvalue weighted by Crippen LogP contribution is 2.32. The van der Waals surface area contributed by atoms with Crippen LogP contribution in [0.5, 0.6) is 11.5 Å². The lowest BCUT2D eigenvalue weighted by Gasteiger charge is -2.32. The molecule has 0 atom stereocenters. The summed E-state index contributed by atoms with van der Waals surface area (Å²) in [4.78, 5) is 7.29. The molecule has 6 heteroatoms. The molecule has 1 aromatic carbocycles. The molecule has 0 bridgehead atoms. The van der Waals surface area contributed by atoms with Crippen molar-refractivity contribution < 1.29 is 9.47 Å². The van der Waals surface area contributed by atoms with Crippen molar-refractivity contribution in [2.75, 3.05) is 33.0 Å². The topological polar surface area (TPSA) is 58.1 Å². The summed E-state index contributed by atoms with van der Waals surface area (Å²) < 4.78 is 10.8. The Morgan fingerprint density at radius 3 is 2.76 bits per heavy atom. The summed E-state index contributed by atoms with van der Waals surface area (Å²) in [5.74, 6) is 2.53. The number of benzene rings is 1. The fraction of sp³-hybridized carbons (Fsp3) is 0.632. The molecule has 0 spiro atoms. The Kier molecular flexibility index (Phi) is 6.39. The van der Waals surface area contributed by atoms with Gasteiger partial charge in [-0.3, -0.25) is 0 Å². The van der Waals surface area contributed by atoms with Crippen molar-refractivity contribution in [1.29, 1.82) is 0 Å². The molecule has 25 heavy (non-hydrogen) atoms. The van der Waals surface area contributed by atoms with Gasteiger partial charge < -0.3 is 25.0 Å². The fourth-order valence-corrected chi connectivity index (χ4v) is 3.34. The zero-order chi connectivity index (χ0) is 17.5. The average Bonchev–Trinajstić information content (AvgIpc) is 3.09. The number of rotatable bonds is 6. The van der Waals surface area contributed by atoms with Gasteiger partial charge in [0.1, 0.15) is 0 Å². The first-order valence-electron chi connectivity index (χ1n) is 9.44. The average molecular weight is 346 g/mol. The molecule has 6 nitrogen and oxygen atoms in total. The van der Waals surface area contributed by atoms with Crippen LogP contribution in [0, 0.1) is 0 Å². The lowest BCUT2D eigenvalue weighted by molar-refractivity contribution is 0.174. The third-order valence-corrected chi connectivity index (χ3v) is 4.67. The molecule has 138 valence electrons. The molecule has 1 saturated heterocycles. The normalized spacial score (nSPS) is 18.4. The van der Waals surface area contributed by atoms with E-state index in [0.717, 1.165) is 29.6 Å². The number of guanidine groups is 1. The number of likely N-dealkylation sites (tertiary alicyclic amines) is 1. The van der Waals surface area contributed by atoms with Crippen molar-refractivity contribution in [3.05, 3.63) is 23.8 Å². The lowest BCUT2D eigenvalue weighted by atomic mass is 10.1. The number of hydrogen-bond donors (Lipinski definition) is 2. The molecule has 2 aliphatic rings. The van der Waals surface area contributed by atoms with E-state index in [1.807, 2.05) is 18.2 Å². The van der Waals surface area contributed by atoms with Crippen LogP contribution < -0.4 is 20.1 Å². The molecule has 1 fully saturated rings. The van der Waals surface area contributed by atoms with E-state index in [-0.39, 0.29) is 0 Å². The molecule has 2 heterocycles. The Morgan fingerprint density at radius 1 is 1.20 bits per heavy atom. The first-order valence-corrected chi connectivity index (χ1v) is 9.44. The molecule has 0 saturated carbocycles. The number of fused-ring (bicyclic) bond motifs is 1. The van der Waals surface area contributed by atoms with Crippen molar-refractivity contribution in [2.45, 2.75) is 45.7 Å². The summed E-state index contributed by atoms with van der Waals surface area (Å²) in [5.41, 5.74) is 1.12. The second-order valence-corrected chi connectivity index (χ2v) is 6.64. The maximum atomic E-state index is 5.44. The fourth-order valence-electron chi connectivity index (χ4n) is 3.34. The largest absolute Gasteiger partial charge is 0.454 e. The van der Waals surface area contributed by atoms with Gasteiger partial charge in [0.05, 0.1) is 6.54 Å². The maximum absolute atomic E-state index is 5.44. The van der Waals surface area contributed by atoms with Crippen LogP contribution >= 0.6 is 0 Å². The van der Waals surface area contributed by atoms with Crippen LogP contribution in [0.2, 0.25) is 0 Å². The van der Waals surface area contributed by atoms with E-state index in [0.29, 0.717) is 19.4 Å². The first kappa shape index (κ1) is 17.9. The number of ether oxygens (including phenoxy) is 2. The molecule has 0 aromatic heterocycles. The molecule has 0 radical (unpaired) electrons. The third kappa shape index (κ3) is 5.01. The summed E-state index contributed by atoms with van der Waals surface area (Å²) in [6.07, 6.45) is 3.58. The summed E-state index contributed by atoms with van der Waals surface area (Å²) in [6, 6.07) is 6.52. The molecule has 2 N–H and O–H groups in total. The van der Waals surface area contributed by atoms with Crippen LogP contribution in [-0.2, 0) is 6.54 Å². The molecular formula is C19H30N4O2. The predicted molar refractivity (Wildman–Crippen MR) is 100 cm³/mol. The van der Waals surface area contributed by atoms with E-state index >= 15 is 0 Å². The third-order valence-electron chi connectivity index (χ3n) is 4.67. The first-order chi connectivity index (χ1) is 12.3. The quantitative estimate of drug-likeness (QED) is 0.612. The van der Waals surface area contributed by atoms with E-state index in [1.165, 1.54) is 38.9 Å². The van der Waals surface area contributed by atoms with Gasteiger partial charge in [0, 0.05) is 25.7 Å². The van der Waals surface area contributed by atoms with E-state index in [4.69, 9.17) is 14.5 Å². The number of nitrogens with one attached hydrogen (secondary N) is 2. The van der Waals surface area contributed by atoms with Crippen molar-refractivity contribution >= 4 is 5.96 Å². The Hall–Kier alpha value is -1.95. The van der Waals surface area contributed by atoms with E-state index < -0.39 is 0 Å². The number of nitrogens with zero attached hydrogens (tertiary/aromatic N) is 2. The molecule has 0 amide bonds. The smallest absolute Gasteiger partial charge is 0.231 e. The van der Waals surface area contributed by atoms with Crippen LogP contribution in [0.4, 0.5) is 0 Å². The van der Waals surface area contributed by atoms with Gasteiger partial charge in [-0.1, -0.05) is 13.0 Å². The molecule has 2 aliphatic heterocycles. The van der Waals surface area contributed by atoms with E-state index in [9.17, 15) is 0 Å². The van der Waals surface area contributed by atoms with Crippen LogP contribution in [0.3, 0.4) is 0 Å². The van der Waals surface area contributed by atoms with Gasteiger partial charge in [0.25, 0.3) is 0 Å². The van der Waals surface area contributed by atoms with Crippen molar-refractivity contribution in [2.24, 2.45) is 4.99 Å². The molecular weight excluding hydrogens is 316 g/mol. The SMILES string of the molecule is CCCN1CCC(NC(=NCc2ccc3c(c2)OCO3)NCC)CC1. The van der Waals surface area contributed by atoms with Crippen molar-refractivity contribution in [3.63, 3.8) is 0 Å². The van der Waals surface area contributed by atoms with Gasteiger partial charge in [-0.05, 0) is 50.4 Å². The highest BCUT2D eigenvalue weighted by Gasteiger charge is 2.19. The second-order valence-electron chi connectivity index (χ2n) is 6.64. The minimum Gasteiger partial charge on any atom is -0.454 e. The second kappa shape index (κ2) is 8.94. The standard InChI is InChI=1S/C19H30N4O2/c1-3-9-23-10-7-16(8-11-23)22-19(20-4-2)21-13-15-5-6-17-18(12-15)25-14-24-17/h5-6,12,16H,3-4,7-11,13-14H2,1-2H3,(H2,20,21,22). The van der Waals surface area contributed by atoms with Crippen molar-refractivity contribution in [1.82, 2.24) is 15.5 Å². The molecule has 3 rings (SSSR count). The maximum Gasteiger partial charge on any atom is 0.231 e. The Morgan fingerprint density at radius 2 is 2.00 bits per heavy atom. The number of hydrogen-bond acceptors (Lipinski definition) is 4. The monoisotopic (exact) mass is 346 g/mol. The van der Waals surface area contributed by atoms with Gasteiger partial charge in [-0.2, -0.15) is 0 Å². The molecule has 1 aromatic rings. The van der Waals surface area contributed by atoms with Gasteiger partial charge in [0.2, 0.25) is 6.79 Å². The van der Waals surface area contributed by atoms with Gasteiger partial charge >= 0.3 is 0 Å². The molecule has 0 unspecified atom stereocenters. The minimum atomic E-state index is 0.309. The summed E-state index contributed by atoms with van der Waals surface area (Å²) in [7, 11) is 0. The Balaban J connectivity index is 1.54. The summed E-state index contributed by atoms with van der Waals surface area (Å²) in [5, 5.41) is 6.96. The summed E-state index contributed by atoms with van der Waals surface area (Å²) >= 11 is 0. The zero-order valence-electron chi connectivity index (χ0n) is 15.4. The predicted octanol–water partition coefficient (Wildman–Crippen LogP) is 2.34.